The number of hydrogen-bond donors (Lipinski definition) is 2. The Morgan fingerprint density at radius 1 is 1.32 bits per heavy atom. The number of carbonyl (C=O) groups is 2. The van der Waals surface area contributed by atoms with Crippen LogP contribution in [-0.4, -0.2) is 21.5 Å². The van der Waals surface area contributed by atoms with Crippen molar-refractivity contribution in [2.24, 2.45) is 5.73 Å². The van der Waals surface area contributed by atoms with E-state index in [9.17, 15) is 14.7 Å². The van der Waals surface area contributed by atoms with Crippen LogP contribution in [0.25, 0.3) is 10.9 Å². The van der Waals surface area contributed by atoms with Gasteiger partial charge in [-0.3, -0.25) is 4.79 Å². The predicted molar refractivity (Wildman–Crippen MR) is 83.4 cm³/mol. The van der Waals surface area contributed by atoms with Crippen LogP contribution in [0.5, 0.6) is 5.88 Å². The third-order valence-corrected chi connectivity index (χ3v) is 3.83. The minimum atomic E-state index is -0.919. The summed E-state index contributed by atoms with van der Waals surface area (Å²) in [7, 11) is 0. The molecule has 112 valence electrons. The molecule has 0 unspecified atom stereocenters. The number of carbonyl (C=O) groups excluding carboxylic acids is 2. The summed E-state index contributed by atoms with van der Waals surface area (Å²) < 4.78 is 6.24. The molecule has 3 N–H and O–H groups in total. The van der Waals surface area contributed by atoms with Crippen molar-refractivity contribution in [3.05, 3.63) is 51.3 Å². The smallest absolute Gasteiger partial charge is 0.326 e. The van der Waals surface area contributed by atoms with Gasteiger partial charge in [-0.25, -0.2) is 9.36 Å². The van der Waals surface area contributed by atoms with Gasteiger partial charge in [0.2, 0.25) is 11.7 Å². The fraction of sp³-hybridized carbons (Fsp3) is 0. The lowest BCUT2D eigenvalue weighted by Gasteiger charge is -2.00. The molecule has 0 saturated heterocycles. The number of aromatic nitrogens is 1. The maximum atomic E-state index is 12.6. The number of aromatic hydroxyl groups is 1. The Bertz CT molecular complexity index is 928. The van der Waals surface area contributed by atoms with Gasteiger partial charge in [0.05, 0.1) is 16.6 Å². The van der Waals surface area contributed by atoms with Crippen LogP contribution in [0.15, 0.2) is 39.6 Å². The van der Waals surface area contributed by atoms with E-state index in [1.165, 1.54) is 18.4 Å². The average molecular weight is 384 g/mol. The molecule has 1 aromatic carbocycles. The van der Waals surface area contributed by atoms with Gasteiger partial charge in [0.15, 0.2) is 4.67 Å². The molecule has 0 saturated carbocycles. The number of nitrogens with two attached hydrogens (primary N) is 1. The maximum Gasteiger partial charge on any atom is 0.326 e. The molecule has 22 heavy (non-hydrogen) atoms. The first kappa shape index (κ1) is 14.7. The zero-order chi connectivity index (χ0) is 16.0. The summed E-state index contributed by atoms with van der Waals surface area (Å²) >= 11 is 9.00. The molecule has 0 aliphatic rings. The zero-order valence-corrected chi connectivity index (χ0v) is 13.2. The Hall–Kier alpha value is -2.25. The number of fused-ring (bicyclic) bond motifs is 1. The van der Waals surface area contributed by atoms with E-state index in [4.69, 9.17) is 21.8 Å². The summed E-state index contributed by atoms with van der Waals surface area (Å²) in [6.07, 6.45) is 1.25. The van der Waals surface area contributed by atoms with Crippen molar-refractivity contribution in [2.45, 2.75) is 0 Å². The molecule has 0 bridgehead atoms. The first-order chi connectivity index (χ1) is 10.4. The third-order valence-electron chi connectivity index (χ3n) is 3.18. The Labute approximate surface area is 137 Å². The van der Waals surface area contributed by atoms with Gasteiger partial charge in [-0.15, -0.1) is 0 Å². The van der Waals surface area contributed by atoms with Gasteiger partial charge in [-0.05, 0) is 28.1 Å². The first-order valence-corrected chi connectivity index (χ1v) is 7.18. The number of nitrogens with zero attached hydrogens (tertiary/aromatic N) is 1. The average Bonchev–Trinajstić information content (AvgIpc) is 2.98. The lowest BCUT2D eigenvalue weighted by molar-refractivity contribution is 0.103. The molecule has 3 rings (SSSR count). The van der Waals surface area contributed by atoms with Crippen molar-refractivity contribution < 1.29 is 19.1 Å². The van der Waals surface area contributed by atoms with Crippen molar-refractivity contribution >= 4 is 50.2 Å². The monoisotopic (exact) mass is 382 g/mol. The van der Waals surface area contributed by atoms with E-state index in [1.807, 2.05) is 0 Å². The molecule has 0 aliphatic carbocycles. The van der Waals surface area contributed by atoms with Crippen molar-refractivity contribution in [1.29, 1.82) is 0 Å². The molecular formula is C14H8BrClN2O4. The molecule has 0 aliphatic heterocycles. The van der Waals surface area contributed by atoms with Crippen LogP contribution in [0, 0.1) is 0 Å². The quantitative estimate of drug-likeness (QED) is 0.662. The molecule has 0 spiro atoms. The maximum absolute atomic E-state index is 12.6. The van der Waals surface area contributed by atoms with E-state index in [2.05, 4.69) is 15.9 Å². The number of amides is 1. The fourth-order valence-electron chi connectivity index (χ4n) is 2.27. The molecule has 0 fully saturated rings. The van der Waals surface area contributed by atoms with E-state index < -0.39 is 17.7 Å². The summed E-state index contributed by atoms with van der Waals surface area (Å²) in [5.41, 5.74) is 5.70. The number of halogens is 2. The highest BCUT2D eigenvalue weighted by Gasteiger charge is 2.26. The molecule has 3 aromatic rings. The highest BCUT2D eigenvalue weighted by molar-refractivity contribution is 9.10. The summed E-state index contributed by atoms with van der Waals surface area (Å²) in [4.78, 5) is 24.1. The van der Waals surface area contributed by atoms with Crippen molar-refractivity contribution in [3.63, 3.8) is 0 Å². The minimum absolute atomic E-state index is 0.0428. The van der Waals surface area contributed by atoms with E-state index in [0.717, 1.165) is 4.57 Å². The number of furan rings is 1. The Kier molecular flexibility index (Phi) is 3.46. The third kappa shape index (κ3) is 2.18. The molecule has 0 radical (unpaired) electrons. The predicted octanol–water partition coefficient (Wildman–Crippen LogP) is 3.51. The van der Waals surface area contributed by atoms with Gasteiger partial charge < -0.3 is 15.3 Å². The lowest BCUT2D eigenvalue weighted by Crippen LogP contribution is -2.18. The van der Waals surface area contributed by atoms with E-state index in [-0.39, 0.29) is 16.6 Å². The zero-order valence-electron chi connectivity index (χ0n) is 10.8. The number of rotatable bonds is 2. The van der Waals surface area contributed by atoms with Gasteiger partial charge >= 0.3 is 6.03 Å². The summed E-state index contributed by atoms with van der Waals surface area (Å²) in [6.45, 7) is 0. The summed E-state index contributed by atoms with van der Waals surface area (Å²) in [5, 5.41) is 11.0. The SMILES string of the molecule is NC(=O)n1c(O)c(C(=O)c2coc(Br)c2)c2ccc(Cl)cc21. The van der Waals surface area contributed by atoms with Crippen LogP contribution in [-0.2, 0) is 0 Å². The molecule has 8 heteroatoms. The molecular weight excluding hydrogens is 376 g/mol. The normalized spacial score (nSPS) is 11.0. The van der Waals surface area contributed by atoms with E-state index in [1.54, 1.807) is 12.1 Å². The van der Waals surface area contributed by atoms with Crippen molar-refractivity contribution in [2.75, 3.05) is 0 Å². The van der Waals surface area contributed by atoms with Crippen LogP contribution in [0.4, 0.5) is 4.79 Å². The van der Waals surface area contributed by atoms with Crippen LogP contribution in [0.3, 0.4) is 0 Å². The lowest BCUT2D eigenvalue weighted by atomic mass is 10.0. The Morgan fingerprint density at radius 2 is 2.05 bits per heavy atom. The highest BCUT2D eigenvalue weighted by Crippen LogP contribution is 2.34. The van der Waals surface area contributed by atoms with Crippen LogP contribution < -0.4 is 5.73 Å². The molecule has 6 nitrogen and oxygen atoms in total. The largest absolute Gasteiger partial charge is 0.494 e. The number of hydrogen-bond acceptors (Lipinski definition) is 4. The van der Waals surface area contributed by atoms with Crippen molar-refractivity contribution in [1.82, 2.24) is 4.57 Å². The molecule has 1 amide bonds. The van der Waals surface area contributed by atoms with E-state index in [0.29, 0.717) is 15.1 Å². The highest BCUT2D eigenvalue weighted by atomic mass is 79.9. The minimum Gasteiger partial charge on any atom is -0.494 e. The van der Waals surface area contributed by atoms with Gasteiger partial charge in [-0.2, -0.15) is 0 Å². The summed E-state index contributed by atoms with van der Waals surface area (Å²) in [5.74, 6) is -1.04. The Balaban J connectivity index is 2.32. The number of primary amides is 1. The van der Waals surface area contributed by atoms with Gasteiger partial charge in [-0.1, -0.05) is 17.7 Å². The van der Waals surface area contributed by atoms with Gasteiger partial charge in [0.1, 0.15) is 6.26 Å². The number of benzene rings is 1. The second-order valence-electron chi connectivity index (χ2n) is 4.50. The van der Waals surface area contributed by atoms with Gasteiger partial charge in [0, 0.05) is 16.5 Å². The Morgan fingerprint density at radius 3 is 2.64 bits per heavy atom. The van der Waals surface area contributed by atoms with Gasteiger partial charge in [0.25, 0.3) is 0 Å². The fourth-order valence-corrected chi connectivity index (χ4v) is 2.77. The molecule has 2 heterocycles. The second-order valence-corrected chi connectivity index (χ2v) is 5.72. The molecule has 0 atom stereocenters. The topological polar surface area (TPSA) is 98.5 Å². The van der Waals surface area contributed by atoms with E-state index >= 15 is 0 Å². The molecule has 2 aromatic heterocycles. The summed E-state index contributed by atoms with van der Waals surface area (Å²) in [6, 6.07) is 5.09. The van der Waals surface area contributed by atoms with Crippen LogP contribution in [0.1, 0.15) is 15.9 Å². The van der Waals surface area contributed by atoms with Crippen LogP contribution in [0.2, 0.25) is 5.02 Å². The number of ketones is 1. The van der Waals surface area contributed by atoms with Crippen LogP contribution >= 0.6 is 27.5 Å². The second kappa shape index (κ2) is 5.19. The first-order valence-electron chi connectivity index (χ1n) is 6.01. The van der Waals surface area contributed by atoms with Crippen molar-refractivity contribution in [3.8, 4) is 5.88 Å². The standard InChI is InChI=1S/C14H8BrClN2O4/c15-10-3-6(5-22-10)12(19)11-8-2-1-7(16)4-9(8)18(13(11)20)14(17)21/h1-5,20H,(H2,17,21).